The zero-order chi connectivity index (χ0) is 22.7. The van der Waals surface area contributed by atoms with Gasteiger partial charge in [0.1, 0.15) is 35.9 Å². The molecule has 2 heterocycles. The number of aromatic nitrogens is 4. The zero-order valence-electron chi connectivity index (χ0n) is 17.1. The smallest absolute Gasteiger partial charge is 0.323 e. The third kappa shape index (κ3) is 4.69. The van der Waals surface area contributed by atoms with E-state index in [1.807, 2.05) is 18.4 Å². The van der Waals surface area contributed by atoms with Crippen molar-refractivity contribution >= 4 is 17.4 Å². The molecule has 0 bridgehead atoms. The Morgan fingerprint density at radius 2 is 1.75 bits per heavy atom. The molecule has 10 heteroatoms. The van der Waals surface area contributed by atoms with Gasteiger partial charge in [-0.3, -0.25) is 4.57 Å². The number of imidazole rings is 1. The van der Waals surface area contributed by atoms with Crippen LogP contribution in [0.2, 0.25) is 0 Å². The molecule has 8 nitrogen and oxygen atoms in total. The molecule has 0 atom stereocenters. The summed E-state index contributed by atoms with van der Waals surface area (Å²) < 4.78 is 34.5. The number of benzene rings is 2. The number of urea groups is 1. The predicted molar refractivity (Wildman–Crippen MR) is 114 cm³/mol. The minimum Gasteiger partial charge on any atom is -0.439 e. The van der Waals surface area contributed by atoms with Gasteiger partial charge in [-0.25, -0.2) is 28.5 Å². The van der Waals surface area contributed by atoms with Crippen LogP contribution in [0.3, 0.4) is 0 Å². The number of amides is 2. The maximum absolute atomic E-state index is 13.6. The zero-order valence-corrected chi connectivity index (χ0v) is 17.1. The number of hydrogen-bond acceptors (Lipinski definition) is 5. The molecular formula is C22H18F2N6O2. The number of rotatable bonds is 5. The summed E-state index contributed by atoms with van der Waals surface area (Å²) in [5.41, 5.74) is 2.03. The molecule has 2 aromatic carbocycles. The van der Waals surface area contributed by atoms with Crippen molar-refractivity contribution in [2.45, 2.75) is 13.8 Å². The van der Waals surface area contributed by atoms with Crippen molar-refractivity contribution in [3.8, 4) is 17.4 Å². The lowest BCUT2D eigenvalue weighted by atomic mass is 10.3. The molecule has 2 amide bonds. The predicted octanol–water partition coefficient (Wildman–Crippen LogP) is 4.99. The fourth-order valence-corrected chi connectivity index (χ4v) is 2.85. The molecule has 32 heavy (non-hydrogen) atoms. The largest absolute Gasteiger partial charge is 0.439 e. The summed E-state index contributed by atoms with van der Waals surface area (Å²) >= 11 is 0. The Bertz CT molecular complexity index is 1270. The molecule has 0 fully saturated rings. The van der Waals surface area contributed by atoms with Crippen molar-refractivity contribution in [2.24, 2.45) is 0 Å². The topological polar surface area (TPSA) is 94.0 Å². The maximum atomic E-state index is 13.6. The molecule has 2 N–H and O–H groups in total. The maximum Gasteiger partial charge on any atom is 0.323 e. The van der Waals surface area contributed by atoms with Crippen LogP contribution in [0, 0.1) is 25.5 Å². The number of halogens is 2. The Morgan fingerprint density at radius 1 is 0.969 bits per heavy atom. The van der Waals surface area contributed by atoms with Crippen LogP contribution in [0.5, 0.6) is 11.6 Å². The van der Waals surface area contributed by atoms with Gasteiger partial charge in [-0.1, -0.05) is 0 Å². The average Bonchev–Trinajstić information content (AvgIpc) is 3.11. The van der Waals surface area contributed by atoms with Gasteiger partial charge in [-0.2, -0.15) is 0 Å². The normalized spacial score (nSPS) is 10.6. The number of nitrogens with one attached hydrogen (secondary N) is 2. The van der Waals surface area contributed by atoms with Crippen LogP contribution in [0.4, 0.5) is 25.0 Å². The summed E-state index contributed by atoms with van der Waals surface area (Å²) in [6, 6.07) is 10.2. The fourth-order valence-electron chi connectivity index (χ4n) is 2.85. The van der Waals surface area contributed by atoms with Gasteiger partial charge in [-0.15, -0.1) is 0 Å². The Kier molecular flexibility index (Phi) is 5.75. The van der Waals surface area contributed by atoms with Gasteiger partial charge < -0.3 is 15.4 Å². The summed E-state index contributed by atoms with van der Waals surface area (Å²) in [6.45, 7) is 3.85. The first kappa shape index (κ1) is 20.9. The Balaban J connectivity index is 1.41. The molecule has 0 saturated carbocycles. The molecule has 0 aliphatic carbocycles. The summed E-state index contributed by atoms with van der Waals surface area (Å²) in [6.07, 6.45) is 3.07. The van der Waals surface area contributed by atoms with E-state index < -0.39 is 17.7 Å². The first-order valence-corrected chi connectivity index (χ1v) is 9.53. The summed E-state index contributed by atoms with van der Waals surface area (Å²) in [4.78, 5) is 24.7. The van der Waals surface area contributed by atoms with E-state index in [1.165, 1.54) is 6.33 Å². The Labute approximate surface area is 181 Å². The number of carbonyl (C=O) groups excluding carboxylic acids is 1. The van der Waals surface area contributed by atoms with Crippen LogP contribution in [0.25, 0.3) is 5.82 Å². The number of nitrogens with zero attached hydrogens (tertiary/aromatic N) is 4. The van der Waals surface area contributed by atoms with E-state index in [2.05, 4.69) is 25.6 Å². The lowest BCUT2D eigenvalue weighted by molar-refractivity contribution is 0.262. The molecule has 0 unspecified atom stereocenters. The van der Waals surface area contributed by atoms with Crippen LogP contribution in [0.15, 0.2) is 61.2 Å². The first-order valence-electron chi connectivity index (χ1n) is 9.53. The fraction of sp³-hybridized carbons (Fsp3) is 0.0909. The highest BCUT2D eigenvalue weighted by atomic mass is 19.1. The highest BCUT2D eigenvalue weighted by Gasteiger charge is 2.10. The van der Waals surface area contributed by atoms with E-state index in [1.54, 1.807) is 36.7 Å². The van der Waals surface area contributed by atoms with Crippen molar-refractivity contribution < 1.29 is 18.3 Å². The van der Waals surface area contributed by atoms with Gasteiger partial charge in [-0.05, 0) is 50.2 Å². The highest BCUT2D eigenvalue weighted by Crippen LogP contribution is 2.23. The minimum atomic E-state index is -0.740. The van der Waals surface area contributed by atoms with E-state index in [9.17, 15) is 13.6 Å². The summed E-state index contributed by atoms with van der Waals surface area (Å²) in [5, 5.41) is 4.80. The molecule has 0 aliphatic rings. The van der Waals surface area contributed by atoms with Crippen molar-refractivity contribution in [3.05, 3.63) is 84.2 Å². The standard InChI is InChI=1S/C22H18F2N6O2/c1-13-14(2)30(12-27-13)20-10-21(26-11-25-20)32-17-6-4-16(5-7-17)28-22(31)29-19-9-15(23)3-8-18(19)24/h3-12H,1-2H3,(H2,28,29,31). The van der Waals surface area contributed by atoms with Crippen molar-refractivity contribution in [1.82, 2.24) is 19.5 Å². The van der Waals surface area contributed by atoms with Gasteiger partial charge >= 0.3 is 6.03 Å². The third-order valence-corrected chi connectivity index (χ3v) is 4.64. The monoisotopic (exact) mass is 436 g/mol. The van der Waals surface area contributed by atoms with Gasteiger partial charge in [0.15, 0.2) is 0 Å². The van der Waals surface area contributed by atoms with E-state index in [-0.39, 0.29) is 5.69 Å². The number of ether oxygens (including phenoxy) is 1. The second-order valence-electron chi connectivity index (χ2n) is 6.83. The lowest BCUT2D eigenvalue weighted by Gasteiger charge is -2.10. The van der Waals surface area contributed by atoms with Crippen LogP contribution in [-0.2, 0) is 0 Å². The molecule has 162 valence electrons. The number of carbonyl (C=O) groups is 1. The van der Waals surface area contributed by atoms with Gasteiger partial charge in [0.2, 0.25) is 5.88 Å². The third-order valence-electron chi connectivity index (χ3n) is 4.64. The van der Waals surface area contributed by atoms with Crippen LogP contribution in [0.1, 0.15) is 11.4 Å². The molecule has 0 radical (unpaired) electrons. The number of hydrogen-bond donors (Lipinski definition) is 2. The van der Waals surface area contributed by atoms with Crippen molar-refractivity contribution in [2.75, 3.05) is 10.6 Å². The Morgan fingerprint density at radius 3 is 2.47 bits per heavy atom. The van der Waals surface area contributed by atoms with E-state index in [4.69, 9.17) is 4.74 Å². The van der Waals surface area contributed by atoms with E-state index in [0.717, 1.165) is 29.6 Å². The highest BCUT2D eigenvalue weighted by molar-refractivity contribution is 5.99. The molecule has 0 aliphatic heterocycles. The first-order chi connectivity index (χ1) is 15.4. The van der Waals surface area contributed by atoms with Gasteiger partial charge in [0.25, 0.3) is 0 Å². The minimum absolute atomic E-state index is 0.259. The quantitative estimate of drug-likeness (QED) is 0.460. The van der Waals surface area contributed by atoms with Crippen LogP contribution in [-0.4, -0.2) is 25.6 Å². The van der Waals surface area contributed by atoms with Crippen LogP contribution >= 0.6 is 0 Å². The molecule has 0 saturated heterocycles. The molecule has 4 aromatic rings. The Hall–Kier alpha value is -4.34. The van der Waals surface area contributed by atoms with E-state index in [0.29, 0.717) is 23.1 Å². The molecule has 4 rings (SSSR count). The van der Waals surface area contributed by atoms with Gasteiger partial charge in [0, 0.05) is 23.5 Å². The SMILES string of the molecule is Cc1ncn(-c2cc(Oc3ccc(NC(=O)Nc4cc(F)ccc4F)cc3)ncn2)c1C. The summed E-state index contributed by atoms with van der Waals surface area (Å²) in [7, 11) is 0. The number of anilines is 2. The molecule has 0 spiro atoms. The van der Waals surface area contributed by atoms with E-state index >= 15 is 0 Å². The molecular weight excluding hydrogens is 418 g/mol. The molecule has 2 aromatic heterocycles. The van der Waals surface area contributed by atoms with Crippen LogP contribution < -0.4 is 15.4 Å². The average molecular weight is 436 g/mol. The second-order valence-corrected chi connectivity index (χ2v) is 6.83. The van der Waals surface area contributed by atoms with Crippen molar-refractivity contribution in [3.63, 3.8) is 0 Å². The lowest BCUT2D eigenvalue weighted by Crippen LogP contribution is -2.20. The second kappa shape index (κ2) is 8.80. The van der Waals surface area contributed by atoms with Crippen molar-refractivity contribution in [1.29, 1.82) is 0 Å². The summed E-state index contributed by atoms with van der Waals surface area (Å²) in [5.74, 6) is 0.0359. The van der Waals surface area contributed by atoms with Gasteiger partial charge in [0.05, 0.1) is 11.4 Å². The number of aryl methyl sites for hydroxylation is 1.